The fourth-order valence-corrected chi connectivity index (χ4v) is 1.48. The van der Waals surface area contributed by atoms with E-state index in [9.17, 15) is 4.79 Å². The van der Waals surface area contributed by atoms with Crippen LogP contribution in [0.5, 0.6) is 0 Å². The summed E-state index contributed by atoms with van der Waals surface area (Å²) in [4.78, 5) is 11.7. The molecule has 1 aromatic rings. The quantitative estimate of drug-likeness (QED) is 0.715. The number of rotatable bonds is 5. The number of carbonyl (C=O) groups excluding carboxylic acids is 1. The Morgan fingerprint density at radius 3 is 2.47 bits per heavy atom. The van der Waals surface area contributed by atoms with Gasteiger partial charge in [0.15, 0.2) is 0 Å². The van der Waals surface area contributed by atoms with Crippen molar-refractivity contribution >= 4 is 17.5 Å². The fourth-order valence-electron chi connectivity index (χ4n) is 1.48. The van der Waals surface area contributed by atoms with E-state index in [1.165, 1.54) is 0 Å². The van der Waals surface area contributed by atoms with E-state index in [0.29, 0.717) is 12.2 Å². The molecule has 5 heteroatoms. The normalized spacial score (nSPS) is 10.9. The average Bonchev–Trinajstić information content (AvgIpc) is 2.29. The van der Waals surface area contributed by atoms with E-state index >= 15 is 0 Å². The van der Waals surface area contributed by atoms with E-state index in [4.69, 9.17) is 10.5 Å². The summed E-state index contributed by atoms with van der Waals surface area (Å²) in [7, 11) is 0. The minimum absolute atomic E-state index is 0.458. The van der Waals surface area contributed by atoms with Crippen molar-refractivity contribution in [3.63, 3.8) is 0 Å². The topological polar surface area (TPSA) is 76.4 Å². The number of ether oxygens (including phenoxy) is 1. The number of hydrogen-bond donors (Lipinski definition) is 3. The Hall–Kier alpha value is -1.75. The van der Waals surface area contributed by atoms with Gasteiger partial charge >= 0.3 is 6.09 Å². The Bertz CT molecular complexity index is 413. The van der Waals surface area contributed by atoms with Crippen LogP contribution in [-0.4, -0.2) is 24.8 Å². The van der Waals surface area contributed by atoms with Crippen molar-refractivity contribution in [3.05, 3.63) is 24.3 Å². The summed E-state index contributed by atoms with van der Waals surface area (Å²) >= 11 is 0. The van der Waals surface area contributed by atoms with Gasteiger partial charge in [0.05, 0.1) is 11.4 Å². The third-order valence-corrected chi connectivity index (χ3v) is 2.26. The summed E-state index contributed by atoms with van der Waals surface area (Å²) in [6.45, 7) is 6.89. The van der Waals surface area contributed by atoms with Crippen LogP contribution >= 0.6 is 0 Å². The van der Waals surface area contributed by atoms with E-state index in [2.05, 4.69) is 10.6 Å². The first kappa shape index (κ1) is 15.3. The minimum atomic E-state index is -0.508. The number of anilines is 2. The Labute approximate surface area is 114 Å². The van der Waals surface area contributed by atoms with E-state index in [1.807, 2.05) is 45.0 Å². The van der Waals surface area contributed by atoms with Crippen molar-refractivity contribution in [1.82, 2.24) is 0 Å². The minimum Gasteiger partial charge on any atom is -0.444 e. The van der Waals surface area contributed by atoms with Crippen LogP contribution in [-0.2, 0) is 4.74 Å². The third kappa shape index (κ3) is 6.10. The zero-order valence-electron chi connectivity index (χ0n) is 11.8. The Kier molecular flexibility index (Phi) is 5.63. The molecule has 0 fully saturated rings. The van der Waals surface area contributed by atoms with Gasteiger partial charge in [-0.1, -0.05) is 12.1 Å². The molecule has 0 spiro atoms. The summed E-state index contributed by atoms with van der Waals surface area (Å²) in [5.41, 5.74) is 6.51. The number of benzene rings is 1. The number of nitrogens with two attached hydrogens (primary N) is 1. The SMILES string of the molecule is CC(C)(C)OC(=O)Nc1ccccc1NCCCN. The predicted molar refractivity (Wildman–Crippen MR) is 78.5 cm³/mol. The summed E-state index contributed by atoms with van der Waals surface area (Å²) in [5, 5.41) is 5.97. The lowest BCUT2D eigenvalue weighted by molar-refractivity contribution is 0.0636. The second kappa shape index (κ2) is 6.99. The third-order valence-electron chi connectivity index (χ3n) is 2.26. The lowest BCUT2D eigenvalue weighted by Crippen LogP contribution is -2.27. The van der Waals surface area contributed by atoms with Crippen LogP contribution in [0.3, 0.4) is 0 Å². The first-order chi connectivity index (χ1) is 8.92. The van der Waals surface area contributed by atoms with Crippen LogP contribution < -0.4 is 16.4 Å². The number of hydrogen-bond acceptors (Lipinski definition) is 4. The van der Waals surface area contributed by atoms with E-state index in [0.717, 1.165) is 18.7 Å². The highest BCUT2D eigenvalue weighted by molar-refractivity contribution is 5.89. The zero-order chi connectivity index (χ0) is 14.3. The summed E-state index contributed by atoms with van der Waals surface area (Å²) < 4.78 is 5.22. The van der Waals surface area contributed by atoms with Gasteiger partial charge < -0.3 is 15.8 Å². The van der Waals surface area contributed by atoms with Crippen LogP contribution in [0.1, 0.15) is 27.2 Å². The highest BCUT2D eigenvalue weighted by Crippen LogP contribution is 2.21. The molecule has 0 saturated carbocycles. The maximum atomic E-state index is 11.7. The highest BCUT2D eigenvalue weighted by atomic mass is 16.6. The van der Waals surface area contributed by atoms with Gasteiger partial charge in [0, 0.05) is 6.54 Å². The van der Waals surface area contributed by atoms with Crippen LogP contribution in [0.25, 0.3) is 0 Å². The molecule has 0 radical (unpaired) electrons. The molecular formula is C14H23N3O2. The molecule has 0 bridgehead atoms. The molecule has 1 aromatic carbocycles. The molecule has 1 rings (SSSR count). The average molecular weight is 265 g/mol. The zero-order valence-corrected chi connectivity index (χ0v) is 11.8. The molecule has 0 heterocycles. The monoisotopic (exact) mass is 265 g/mol. The molecule has 4 N–H and O–H groups in total. The van der Waals surface area contributed by atoms with Gasteiger partial charge in [-0.05, 0) is 45.9 Å². The van der Waals surface area contributed by atoms with Gasteiger partial charge in [0.1, 0.15) is 5.60 Å². The van der Waals surface area contributed by atoms with Crippen molar-refractivity contribution < 1.29 is 9.53 Å². The molecule has 19 heavy (non-hydrogen) atoms. The number of carbonyl (C=O) groups is 1. The smallest absolute Gasteiger partial charge is 0.412 e. The van der Waals surface area contributed by atoms with Crippen molar-refractivity contribution in [3.8, 4) is 0 Å². The van der Waals surface area contributed by atoms with E-state index < -0.39 is 11.7 Å². The van der Waals surface area contributed by atoms with Crippen LogP contribution in [0, 0.1) is 0 Å². The molecule has 0 aromatic heterocycles. The van der Waals surface area contributed by atoms with Crippen molar-refractivity contribution in [1.29, 1.82) is 0 Å². The number of nitrogens with one attached hydrogen (secondary N) is 2. The fraction of sp³-hybridized carbons (Fsp3) is 0.500. The molecule has 0 unspecified atom stereocenters. The molecule has 0 saturated heterocycles. The molecule has 5 nitrogen and oxygen atoms in total. The van der Waals surface area contributed by atoms with Crippen molar-refractivity contribution in [2.45, 2.75) is 32.8 Å². The first-order valence-corrected chi connectivity index (χ1v) is 6.45. The van der Waals surface area contributed by atoms with Gasteiger partial charge in [-0.2, -0.15) is 0 Å². The van der Waals surface area contributed by atoms with Crippen LogP contribution in [0.15, 0.2) is 24.3 Å². The summed E-state index contributed by atoms with van der Waals surface area (Å²) in [6.07, 6.45) is 0.418. The number of amides is 1. The Morgan fingerprint density at radius 2 is 1.89 bits per heavy atom. The maximum absolute atomic E-state index is 11.7. The second-order valence-electron chi connectivity index (χ2n) is 5.24. The maximum Gasteiger partial charge on any atom is 0.412 e. The van der Waals surface area contributed by atoms with Crippen LogP contribution in [0.4, 0.5) is 16.2 Å². The first-order valence-electron chi connectivity index (χ1n) is 6.45. The Morgan fingerprint density at radius 1 is 1.26 bits per heavy atom. The lowest BCUT2D eigenvalue weighted by atomic mass is 10.2. The summed E-state index contributed by atoms with van der Waals surface area (Å²) in [6, 6.07) is 7.50. The van der Waals surface area contributed by atoms with Gasteiger partial charge in [0.25, 0.3) is 0 Å². The second-order valence-corrected chi connectivity index (χ2v) is 5.24. The Balaban J connectivity index is 2.64. The summed E-state index contributed by atoms with van der Waals surface area (Å²) in [5.74, 6) is 0. The van der Waals surface area contributed by atoms with Gasteiger partial charge in [-0.15, -0.1) is 0 Å². The largest absolute Gasteiger partial charge is 0.444 e. The molecule has 106 valence electrons. The standard InChI is InChI=1S/C14H23N3O2/c1-14(2,3)19-13(18)17-12-8-5-4-7-11(12)16-10-6-9-15/h4-5,7-8,16H,6,9-10,15H2,1-3H3,(H,17,18). The number of para-hydroxylation sites is 2. The van der Waals surface area contributed by atoms with Gasteiger partial charge in [-0.25, -0.2) is 4.79 Å². The van der Waals surface area contributed by atoms with E-state index in [1.54, 1.807) is 0 Å². The molecule has 0 aliphatic rings. The van der Waals surface area contributed by atoms with Gasteiger partial charge in [0.2, 0.25) is 0 Å². The van der Waals surface area contributed by atoms with Crippen molar-refractivity contribution in [2.75, 3.05) is 23.7 Å². The van der Waals surface area contributed by atoms with Gasteiger partial charge in [-0.3, -0.25) is 5.32 Å². The molecule has 0 aliphatic heterocycles. The predicted octanol–water partition coefficient (Wildman–Crippen LogP) is 2.79. The molecule has 0 aliphatic carbocycles. The van der Waals surface area contributed by atoms with Crippen LogP contribution in [0.2, 0.25) is 0 Å². The molecule has 0 atom stereocenters. The lowest BCUT2D eigenvalue weighted by Gasteiger charge is -2.20. The molecule has 1 amide bonds. The van der Waals surface area contributed by atoms with Crippen molar-refractivity contribution in [2.24, 2.45) is 5.73 Å². The van der Waals surface area contributed by atoms with E-state index in [-0.39, 0.29) is 0 Å². The molecular weight excluding hydrogens is 242 g/mol. The highest BCUT2D eigenvalue weighted by Gasteiger charge is 2.16.